The molecule has 2 aliphatic rings. The molecule has 2 aliphatic heterocycles. The van der Waals surface area contributed by atoms with Gasteiger partial charge in [0.1, 0.15) is 62.0 Å². The minimum absolute atomic E-state index is 0.111. The van der Waals surface area contributed by atoms with E-state index in [0.29, 0.717) is 38.9 Å². The molecule has 0 aromatic heterocycles. The molecule has 2 saturated heterocycles. The van der Waals surface area contributed by atoms with Crippen LogP contribution in [-0.4, -0.2) is 98.8 Å². The summed E-state index contributed by atoms with van der Waals surface area (Å²) >= 11 is 0. The molecule has 0 unspecified atom stereocenters. The summed E-state index contributed by atoms with van der Waals surface area (Å²) in [5.74, 6) is -1.90. The first-order chi connectivity index (χ1) is 64.8. The second-order valence-electron chi connectivity index (χ2n) is 36.7. The fourth-order valence-corrected chi connectivity index (χ4v) is 18.2. The van der Waals surface area contributed by atoms with Gasteiger partial charge in [0.2, 0.25) is 0 Å². The quantitative estimate of drug-likeness (QED) is 0.0262. The fraction of sp³-hybridized carbons (Fsp3) is 0.569. The zero-order chi connectivity index (χ0) is 91.3. The summed E-state index contributed by atoms with van der Waals surface area (Å²) in [5, 5.41) is 0. The first-order valence-electron chi connectivity index (χ1n) is 51.3. The van der Waals surface area contributed by atoms with Crippen LogP contribution in [0.15, 0.2) is 243 Å². The number of carbonyl (C=O) groups is 2. The Morgan fingerprint density at radius 2 is 0.435 bits per heavy atom. The third kappa shape index (κ3) is 40.8. The van der Waals surface area contributed by atoms with E-state index in [-0.39, 0.29) is 64.8 Å². The van der Waals surface area contributed by atoms with Crippen molar-refractivity contribution in [2.45, 2.75) is 398 Å². The predicted molar refractivity (Wildman–Crippen MR) is 526 cm³/mol. The second kappa shape index (κ2) is 65.8. The lowest BCUT2D eigenvalue weighted by atomic mass is 9.91. The number of hydrogen-bond acceptors (Lipinski definition) is 15. The molecule has 0 saturated carbocycles. The molecule has 0 amide bonds. The van der Waals surface area contributed by atoms with Gasteiger partial charge in [-0.1, -0.05) is 489 Å². The Balaban J connectivity index is 1.06. The molecule has 15 heteroatoms. The van der Waals surface area contributed by atoms with Gasteiger partial charge < -0.3 is 61.6 Å². The molecule has 2 heterocycles. The molecule has 14 atom stereocenters. The Morgan fingerprint density at radius 3 is 0.672 bits per heavy atom. The first kappa shape index (κ1) is 105. The van der Waals surface area contributed by atoms with Crippen LogP contribution in [0, 0.1) is 11.8 Å². The normalized spacial score (nSPS) is 19.5. The minimum atomic E-state index is -1.38. The van der Waals surface area contributed by atoms with E-state index in [0.717, 1.165) is 134 Å². The molecule has 0 spiro atoms. The highest BCUT2D eigenvalue weighted by molar-refractivity contribution is 5.73. The second-order valence-corrected chi connectivity index (χ2v) is 36.7. The van der Waals surface area contributed by atoms with Crippen LogP contribution >= 0.6 is 0 Å². The summed E-state index contributed by atoms with van der Waals surface area (Å²) in [5.41, 5.74) is 7.57. The Kier molecular flexibility index (Phi) is 52.9. The molecule has 0 radical (unpaired) electrons. The summed E-state index contributed by atoms with van der Waals surface area (Å²) in [4.78, 5) is 32.2. The molecule has 0 aliphatic carbocycles. The zero-order valence-corrected chi connectivity index (χ0v) is 80.2. The largest absolute Gasteiger partial charge is 0.463 e. The maximum atomic E-state index is 16.1. The van der Waals surface area contributed by atoms with E-state index in [4.69, 9.17) is 61.6 Å². The van der Waals surface area contributed by atoms with Gasteiger partial charge in [-0.25, -0.2) is 0 Å². The van der Waals surface area contributed by atoms with Crippen LogP contribution in [0.1, 0.15) is 316 Å². The van der Waals surface area contributed by atoms with Gasteiger partial charge in [0.15, 0.2) is 12.6 Å². The Bertz CT molecular complexity index is 3830. The Hall–Kier alpha value is -7.74. The van der Waals surface area contributed by atoms with Gasteiger partial charge in [-0.3, -0.25) is 9.59 Å². The zero-order valence-electron chi connectivity index (χ0n) is 80.2. The van der Waals surface area contributed by atoms with Crippen molar-refractivity contribution >= 4 is 11.9 Å². The smallest absolute Gasteiger partial charge is 0.311 e. The van der Waals surface area contributed by atoms with Crippen LogP contribution in [0.2, 0.25) is 0 Å². The third-order valence-corrected chi connectivity index (χ3v) is 26.0. The highest BCUT2D eigenvalue weighted by atomic mass is 16.8. The average Bonchev–Trinajstić information content (AvgIpc) is 0.768. The van der Waals surface area contributed by atoms with Crippen molar-refractivity contribution in [2.75, 3.05) is 13.2 Å². The maximum absolute atomic E-state index is 16.1. The highest BCUT2D eigenvalue weighted by Crippen LogP contribution is 2.39. The lowest BCUT2D eigenvalue weighted by Crippen LogP contribution is -2.66. The molecular formula is C116H162O15. The molecule has 716 valence electrons. The van der Waals surface area contributed by atoms with Crippen molar-refractivity contribution < 1.29 is 71.2 Å². The van der Waals surface area contributed by atoms with E-state index in [2.05, 4.69) is 52.0 Å². The molecule has 8 aromatic rings. The van der Waals surface area contributed by atoms with Crippen LogP contribution in [0.25, 0.3) is 0 Å². The standard InChI is InChI=1S/C116H162O15/c1-5-9-13-17-21-25-29-33-61-81-103(119-83-93-63-43-35-44-64-93)101(79-59-31-27-23-19-15-11-7-3)113(117)127-91-105-107(121-85-95-67-47-37-48-68-95)109(123-87-97-71-51-39-52-72-97)111(125-89-99-75-55-41-56-76-99)115(129-105)131-116-112(126-90-100-77-57-42-58-78-100)110(124-88-98-73-53-40-54-74-98)108(122-86-96-69-49-38-50-70-96)106(130-116)92-128-114(118)102(80-60-32-28-24-20-16-12-8-4)104(120-84-94-65-45-36-46-66-94)82-62-34-30-26-22-18-14-10-6-2/h35-58,63-78,101-112,115-116H,5-34,59-62,79-92H2,1-4H3/t101-,102-,103-,104-,105-,106-,107-,108-,109+,110+,111-,112-,115-,116-/m1/s1. The summed E-state index contributed by atoms with van der Waals surface area (Å²) in [6.45, 7) is 10.1. The topological polar surface area (TPSA) is 154 Å². The van der Waals surface area contributed by atoms with E-state index in [1.54, 1.807) is 0 Å². The summed E-state index contributed by atoms with van der Waals surface area (Å²) in [6, 6.07) is 81.1. The number of ether oxygens (including phenoxy) is 13. The molecule has 2 fully saturated rings. The van der Waals surface area contributed by atoms with Gasteiger partial charge in [0.05, 0.1) is 76.9 Å². The van der Waals surface area contributed by atoms with Gasteiger partial charge in [-0.15, -0.1) is 0 Å². The lowest BCUT2D eigenvalue weighted by molar-refractivity contribution is -0.394. The van der Waals surface area contributed by atoms with Crippen LogP contribution in [-0.2, 0) is 124 Å². The van der Waals surface area contributed by atoms with Crippen molar-refractivity contribution in [3.05, 3.63) is 287 Å². The van der Waals surface area contributed by atoms with Crippen LogP contribution in [0.4, 0.5) is 0 Å². The first-order valence-corrected chi connectivity index (χ1v) is 51.3. The Morgan fingerprint density at radius 1 is 0.237 bits per heavy atom. The molecule has 0 N–H and O–H groups in total. The Labute approximate surface area is 788 Å². The van der Waals surface area contributed by atoms with Gasteiger partial charge in [-0.05, 0) is 70.2 Å². The summed E-state index contributed by atoms with van der Waals surface area (Å²) in [6.07, 6.45) is 30.0. The van der Waals surface area contributed by atoms with E-state index < -0.39 is 85.5 Å². The summed E-state index contributed by atoms with van der Waals surface area (Å²) < 4.78 is 95.8. The van der Waals surface area contributed by atoms with Crippen molar-refractivity contribution in [3.8, 4) is 0 Å². The number of esters is 2. The highest BCUT2D eigenvalue weighted by Gasteiger charge is 2.55. The van der Waals surface area contributed by atoms with Gasteiger partial charge in [0, 0.05) is 0 Å². The van der Waals surface area contributed by atoms with Crippen molar-refractivity contribution in [1.29, 1.82) is 0 Å². The number of unbranched alkanes of at least 4 members (excludes halogenated alkanes) is 30. The minimum Gasteiger partial charge on any atom is -0.463 e. The maximum Gasteiger partial charge on any atom is 0.311 e. The SMILES string of the molecule is CCCCCCCCCCC[C@@H](OCc1ccccc1)[C@@H](CCCCCCCCCC)C(=O)OC[C@H]1O[C@H](O[C@H]2O[C@H](COC(=O)[C@H](CCCCCCCCCC)[C@@H](CCCCCCCCCCC)OCc3ccccc3)[C@@H](OCc3ccccc3)[C@H](OCc3ccccc3)[C@H]2OCc2ccccc2)[C@H](OCc2ccccc2)[C@@H](OCc2ccccc2)[C@@H]1OCc1ccccc1. The van der Waals surface area contributed by atoms with Gasteiger partial charge in [-0.2, -0.15) is 0 Å². The molecule has 15 nitrogen and oxygen atoms in total. The van der Waals surface area contributed by atoms with Crippen LogP contribution in [0.3, 0.4) is 0 Å². The molecule has 131 heavy (non-hydrogen) atoms. The molecule has 8 aromatic carbocycles. The summed E-state index contributed by atoms with van der Waals surface area (Å²) in [7, 11) is 0. The van der Waals surface area contributed by atoms with Crippen molar-refractivity contribution in [2.24, 2.45) is 11.8 Å². The fourth-order valence-electron chi connectivity index (χ4n) is 18.2. The van der Waals surface area contributed by atoms with Crippen LogP contribution < -0.4 is 0 Å². The van der Waals surface area contributed by atoms with E-state index in [1.807, 2.05) is 218 Å². The number of hydrogen-bond donors (Lipinski definition) is 0. The molecule has 10 rings (SSSR count). The lowest BCUT2D eigenvalue weighted by Gasteiger charge is -2.49. The third-order valence-electron chi connectivity index (χ3n) is 26.0. The number of rotatable bonds is 72. The van der Waals surface area contributed by atoms with E-state index >= 15 is 9.59 Å². The van der Waals surface area contributed by atoms with Crippen LogP contribution in [0.5, 0.6) is 0 Å². The van der Waals surface area contributed by atoms with Crippen molar-refractivity contribution in [3.63, 3.8) is 0 Å². The number of benzene rings is 8. The van der Waals surface area contributed by atoms with E-state index in [9.17, 15) is 0 Å². The van der Waals surface area contributed by atoms with Gasteiger partial charge in [0.25, 0.3) is 0 Å². The van der Waals surface area contributed by atoms with Crippen molar-refractivity contribution in [1.82, 2.24) is 0 Å². The van der Waals surface area contributed by atoms with E-state index in [1.165, 1.54) is 128 Å². The average molecular weight is 1800 g/mol. The number of carbonyl (C=O) groups excluding carboxylic acids is 2. The molecule has 0 bridgehead atoms. The monoisotopic (exact) mass is 1800 g/mol. The predicted octanol–water partition coefficient (Wildman–Crippen LogP) is 28.4. The van der Waals surface area contributed by atoms with Gasteiger partial charge >= 0.3 is 11.9 Å². The molecular weight excluding hydrogens is 1630 g/mol.